The number of aryl methyl sites for hydroxylation is 1. The highest BCUT2D eigenvalue weighted by Gasteiger charge is 2.34. The van der Waals surface area contributed by atoms with Crippen LogP contribution in [0.25, 0.3) is 0 Å². The number of anilines is 1. The Kier molecular flexibility index (Phi) is 4.88. The Hall–Kier alpha value is -1.55. The Bertz CT molecular complexity index is 505. The monoisotopic (exact) mass is 289 g/mol. The number of carbonyl (C=O) groups excluding carboxylic acids is 1. The van der Waals surface area contributed by atoms with Crippen molar-refractivity contribution in [2.45, 2.75) is 44.6 Å². The number of nitrogen functional groups attached to an aromatic ring is 1. The van der Waals surface area contributed by atoms with Crippen molar-refractivity contribution in [1.29, 1.82) is 0 Å². The van der Waals surface area contributed by atoms with Crippen LogP contribution in [0.15, 0.2) is 18.2 Å². The number of carbonyl (C=O) groups is 1. The number of nitrogens with two attached hydrogens (primary N) is 1. The van der Waals surface area contributed by atoms with Gasteiger partial charge in [-0.05, 0) is 57.6 Å². The van der Waals surface area contributed by atoms with Crippen molar-refractivity contribution in [3.05, 3.63) is 29.3 Å². The highest BCUT2D eigenvalue weighted by molar-refractivity contribution is 5.94. The molecule has 1 saturated carbocycles. The first-order valence-corrected chi connectivity index (χ1v) is 7.76. The number of nitrogens with one attached hydrogen (secondary N) is 1. The minimum atomic E-state index is -0.00935. The molecule has 21 heavy (non-hydrogen) atoms. The van der Waals surface area contributed by atoms with E-state index in [4.69, 9.17) is 5.73 Å². The van der Waals surface area contributed by atoms with Crippen LogP contribution >= 0.6 is 0 Å². The van der Waals surface area contributed by atoms with Crippen molar-refractivity contribution in [3.8, 4) is 0 Å². The van der Waals surface area contributed by atoms with Crippen LogP contribution in [-0.2, 0) is 0 Å². The third-order valence-electron chi connectivity index (χ3n) is 4.84. The molecule has 0 spiro atoms. The first-order valence-electron chi connectivity index (χ1n) is 7.76. The lowest BCUT2D eigenvalue weighted by molar-refractivity contribution is 0.0799. The lowest BCUT2D eigenvalue weighted by atomic mass is 9.80. The smallest absolute Gasteiger partial charge is 0.251 e. The standard InChI is InChI=1S/C17H27N3O/c1-13-11-14(7-8-15(13)18)16(21)19-12-17(20(2)3)9-5-4-6-10-17/h7-8,11H,4-6,9-10,12,18H2,1-3H3,(H,19,21). The summed E-state index contributed by atoms with van der Waals surface area (Å²) >= 11 is 0. The second-order valence-corrected chi connectivity index (χ2v) is 6.43. The summed E-state index contributed by atoms with van der Waals surface area (Å²) < 4.78 is 0. The highest BCUT2D eigenvalue weighted by Crippen LogP contribution is 2.31. The highest BCUT2D eigenvalue weighted by atomic mass is 16.1. The van der Waals surface area contributed by atoms with Gasteiger partial charge in [-0.15, -0.1) is 0 Å². The summed E-state index contributed by atoms with van der Waals surface area (Å²) in [6.07, 6.45) is 6.10. The maximum Gasteiger partial charge on any atom is 0.251 e. The minimum Gasteiger partial charge on any atom is -0.399 e. The Morgan fingerprint density at radius 3 is 2.52 bits per heavy atom. The molecule has 0 saturated heterocycles. The first-order chi connectivity index (χ1) is 9.94. The Balaban J connectivity index is 2.03. The van der Waals surface area contributed by atoms with Crippen LogP contribution < -0.4 is 11.1 Å². The second kappa shape index (κ2) is 6.48. The maximum atomic E-state index is 12.3. The van der Waals surface area contributed by atoms with E-state index >= 15 is 0 Å². The number of benzene rings is 1. The van der Waals surface area contributed by atoms with Gasteiger partial charge in [-0.1, -0.05) is 19.3 Å². The van der Waals surface area contributed by atoms with Gasteiger partial charge in [-0.2, -0.15) is 0 Å². The summed E-state index contributed by atoms with van der Waals surface area (Å²) in [4.78, 5) is 14.6. The van der Waals surface area contributed by atoms with Crippen molar-refractivity contribution in [2.24, 2.45) is 0 Å². The molecule has 1 aliphatic carbocycles. The third kappa shape index (κ3) is 3.56. The van der Waals surface area contributed by atoms with Crippen molar-refractivity contribution in [2.75, 3.05) is 26.4 Å². The molecular formula is C17H27N3O. The summed E-state index contributed by atoms with van der Waals surface area (Å²) in [6, 6.07) is 5.45. The molecule has 0 unspecified atom stereocenters. The van der Waals surface area contributed by atoms with Gasteiger partial charge >= 0.3 is 0 Å². The summed E-state index contributed by atoms with van der Waals surface area (Å²) in [5.41, 5.74) is 8.27. The Morgan fingerprint density at radius 2 is 1.95 bits per heavy atom. The molecule has 2 rings (SSSR count). The molecule has 1 fully saturated rings. The SMILES string of the molecule is Cc1cc(C(=O)NCC2(N(C)C)CCCCC2)ccc1N. The summed E-state index contributed by atoms with van der Waals surface area (Å²) in [5.74, 6) is -0.00935. The van der Waals surface area contributed by atoms with Gasteiger partial charge in [-0.3, -0.25) is 4.79 Å². The number of rotatable bonds is 4. The van der Waals surface area contributed by atoms with E-state index in [1.54, 1.807) is 12.1 Å². The van der Waals surface area contributed by atoms with Gasteiger partial charge < -0.3 is 16.0 Å². The third-order valence-corrected chi connectivity index (χ3v) is 4.84. The fourth-order valence-corrected chi connectivity index (χ4v) is 3.16. The molecule has 1 aromatic rings. The average Bonchev–Trinajstić information content (AvgIpc) is 2.48. The van der Waals surface area contributed by atoms with Gasteiger partial charge in [0.15, 0.2) is 0 Å². The van der Waals surface area contributed by atoms with Gasteiger partial charge in [0.1, 0.15) is 0 Å². The lowest BCUT2D eigenvalue weighted by Gasteiger charge is -2.43. The summed E-state index contributed by atoms with van der Waals surface area (Å²) in [6.45, 7) is 2.64. The van der Waals surface area contributed by atoms with Crippen molar-refractivity contribution in [3.63, 3.8) is 0 Å². The van der Waals surface area contributed by atoms with Gasteiger partial charge in [0.2, 0.25) is 0 Å². The second-order valence-electron chi connectivity index (χ2n) is 6.43. The molecule has 0 bridgehead atoms. The molecule has 0 aliphatic heterocycles. The van der Waals surface area contributed by atoms with Crippen LogP contribution in [0.3, 0.4) is 0 Å². The largest absolute Gasteiger partial charge is 0.399 e. The molecule has 1 aliphatic rings. The van der Waals surface area contributed by atoms with E-state index in [0.717, 1.165) is 24.1 Å². The number of likely N-dealkylation sites (N-methyl/N-ethyl adjacent to an activating group) is 1. The Morgan fingerprint density at radius 1 is 1.29 bits per heavy atom. The Labute approximate surface area is 127 Å². The van der Waals surface area contributed by atoms with Crippen LogP contribution in [0.5, 0.6) is 0 Å². The molecule has 0 radical (unpaired) electrons. The maximum absolute atomic E-state index is 12.3. The van der Waals surface area contributed by atoms with E-state index < -0.39 is 0 Å². The van der Waals surface area contributed by atoms with E-state index in [2.05, 4.69) is 24.3 Å². The van der Waals surface area contributed by atoms with Crippen LogP contribution in [0.4, 0.5) is 5.69 Å². The molecule has 3 N–H and O–H groups in total. The molecule has 1 amide bonds. The van der Waals surface area contributed by atoms with Gasteiger partial charge in [0.25, 0.3) is 5.91 Å². The van der Waals surface area contributed by atoms with E-state index in [1.165, 1.54) is 19.3 Å². The first kappa shape index (κ1) is 15.8. The number of hydrogen-bond donors (Lipinski definition) is 2. The molecule has 4 nitrogen and oxygen atoms in total. The molecule has 4 heteroatoms. The number of hydrogen-bond acceptors (Lipinski definition) is 3. The van der Waals surface area contributed by atoms with Crippen LogP contribution in [-0.4, -0.2) is 37.0 Å². The quantitative estimate of drug-likeness (QED) is 0.838. The van der Waals surface area contributed by atoms with Crippen LogP contribution in [0.2, 0.25) is 0 Å². The zero-order valence-electron chi connectivity index (χ0n) is 13.4. The zero-order valence-corrected chi connectivity index (χ0v) is 13.4. The van der Waals surface area contributed by atoms with Crippen molar-refractivity contribution >= 4 is 11.6 Å². The molecular weight excluding hydrogens is 262 g/mol. The van der Waals surface area contributed by atoms with E-state index in [9.17, 15) is 4.79 Å². The molecule has 0 heterocycles. The topological polar surface area (TPSA) is 58.4 Å². The number of amides is 1. The van der Waals surface area contributed by atoms with Gasteiger partial charge in [0, 0.05) is 23.3 Å². The van der Waals surface area contributed by atoms with Crippen LogP contribution in [0.1, 0.15) is 48.0 Å². The van der Waals surface area contributed by atoms with Gasteiger partial charge in [0.05, 0.1) is 0 Å². The predicted octanol–water partition coefficient (Wildman–Crippen LogP) is 2.57. The summed E-state index contributed by atoms with van der Waals surface area (Å²) in [5, 5.41) is 3.12. The zero-order chi connectivity index (χ0) is 15.5. The van der Waals surface area contributed by atoms with Crippen molar-refractivity contribution in [1.82, 2.24) is 10.2 Å². The van der Waals surface area contributed by atoms with Gasteiger partial charge in [-0.25, -0.2) is 0 Å². The lowest BCUT2D eigenvalue weighted by Crippen LogP contribution is -2.53. The predicted molar refractivity (Wildman–Crippen MR) is 87.4 cm³/mol. The minimum absolute atomic E-state index is 0.00935. The van der Waals surface area contributed by atoms with E-state index in [1.807, 2.05) is 13.0 Å². The summed E-state index contributed by atoms with van der Waals surface area (Å²) in [7, 11) is 4.23. The van der Waals surface area contributed by atoms with E-state index in [0.29, 0.717) is 12.1 Å². The molecule has 116 valence electrons. The van der Waals surface area contributed by atoms with Crippen LogP contribution in [0, 0.1) is 6.92 Å². The number of nitrogens with zero attached hydrogens (tertiary/aromatic N) is 1. The fraction of sp³-hybridized carbons (Fsp3) is 0.588. The molecule has 0 aromatic heterocycles. The normalized spacial score (nSPS) is 17.7. The van der Waals surface area contributed by atoms with E-state index in [-0.39, 0.29) is 11.4 Å². The molecule has 0 atom stereocenters. The fourth-order valence-electron chi connectivity index (χ4n) is 3.16. The van der Waals surface area contributed by atoms with Crippen molar-refractivity contribution < 1.29 is 4.79 Å². The average molecular weight is 289 g/mol. The molecule has 1 aromatic carbocycles.